The van der Waals surface area contributed by atoms with Crippen molar-refractivity contribution in [2.75, 3.05) is 0 Å². The van der Waals surface area contributed by atoms with Crippen LogP contribution in [0.25, 0.3) is 11.1 Å². The molecule has 1 heterocycles. The molecule has 0 spiro atoms. The molecule has 0 aliphatic rings. The summed E-state index contributed by atoms with van der Waals surface area (Å²) in [6.07, 6.45) is 0.785. The summed E-state index contributed by atoms with van der Waals surface area (Å²) in [5, 5.41) is 2.54. The van der Waals surface area contributed by atoms with E-state index in [0.717, 1.165) is 11.8 Å². The first kappa shape index (κ1) is 10.4. The third-order valence-electron chi connectivity index (χ3n) is 2.29. The van der Waals surface area contributed by atoms with Crippen molar-refractivity contribution in [2.45, 2.75) is 6.92 Å². The summed E-state index contributed by atoms with van der Waals surface area (Å²) in [7, 11) is 0. The number of carbonyl (C=O) groups excluding carboxylic acids is 1. The molecular formula is C12H9ClOS. The Bertz CT molecular complexity index is 502. The highest BCUT2D eigenvalue weighted by Gasteiger charge is 2.05. The molecule has 2 rings (SSSR count). The molecule has 0 unspecified atom stereocenters. The zero-order chi connectivity index (χ0) is 10.8. The SMILES string of the molecule is Cc1sccc1-c1ccc(Cl)c(C=O)c1. The number of halogens is 1. The van der Waals surface area contributed by atoms with Gasteiger partial charge in [-0.15, -0.1) is 11.3 Å². The highest BCUT2D eigenvalue weighted by molar-refractivity contribution is 7.10. The predicted molar refractivity (Wildman–Crippen MR) is 64.9 cm³/mol. The second-order valence-electron chi connectivity index (χ2n) is 3.24. The van der Waals surface area contributed by atoms with Gasteiger partial charge in [0.25, 0.3) is 0 Å². The van der Waals surface area contributed by atoms with Crippen LogP contribution in [0.1, 0.15) is 15.2 Å². The number of aldehydes is 1. The quantitative estimate of drug-likeness (QED) is 0.715. The van der Waals surface area contributed by atoms with Crippen LogP contribution in [0.5, 0.6) is 0 Å². The van der Waals surface area contributed by atoms with Crippen LogP contribution in [-0.4, -0.2) is 6.29 Å². The number of benzene rings is 1. The van der Waals surface area contributed by atoms with Gasteiger partial charge in [0.05, 0.1) is 5.02 Å². The van der Waals surface area contributed by atoms with E-state index in [1.165, 1.54) is 10.4 Å². The molecule has 76 valence electrons. The monoisotopic (exact) mass is 236 g/mol. The molecule has 0 saturated carbocycles. The molecule has 0 aliphatic carbocycles. The van der Waals surface area contributed by atoms with E-state index in [-0.39, 0.29) is 0 Å². The topological polar surface area (TPSA) is 17.1 Å². The van der Waals surface area contributed by atoms with Crippen molar-refractivity contribution >= 4 is 29.2 Å². The maximum atomic E-state index is 10.8. The number of rotatable bonds is 2. The highest BCUT2D eigenvalue weighted by Crippen LogP contribution is 2.29. The molecule has 1 aromatic carbocycles. The third kappa shape index (κ3) is 1.96. The van der Waals surface area contributed by atoms with Gasteiger partial charge in [0, 0.05) is 10.4 Å². The molecule has 0 aliphatic heterocycles. The van der Waals surface area contributed by atoms with Crippen LogP contribution in [0.3, 0.4) is 0 Å². The molecule has 0 saturated heterocycles. The lowest BCUT2D eigenvalue weighted by Crippen LogP contribution is -1.84. The van der Waals surface area contributed by atoms with Crippen molar-refractivity contribution in [1.82, 2.24) is 0 Å². The predicted octanol–water partition coefficient (Wildman–Crippen LogP) is 4.19. The van der Waals surface area contributed by atoms with E-state index < -0.39 is 0 Å². The van der Waals surface area contributed by atoms with Crippen molar-refractivity contribution in [2.24, 2.45) is 0 Å². The fourth-order valence-corrected chi connectivity index (χ4v) is 2.37. The van der Waals surface area contributed by atoms with Gasteiger partial charge in [-0.25, -0.2) is 0 Å². The Kier molecular flexibility index (Phi) is 2.89. The Balaban J connectivity index is 2.55. The van der Waals surface area contributed by atoms with E-state index in [2.05, 4.69) is 13.0 Å². The Morgan fingerprint density at radius 2 is 2.13 bits per heavy atom. The van der Waals surface area contributed by atoms with E-state index in [4.69, 9.17) is 11.6 Å². The van der Waals surface area contributed by atoms with Crippen LogP contribution in [0.2, 0.25) is 5.02 Å². The molecule has 15 heavy (non-hydrogen) atoms. The summed E-state index contributed by atoms with van der Waals surface area (Å²) >= 11 is 7.56. The van der Waals surface area contributed by atoms with Crippen LogP contribution in [0, 0.1) is 6.92 Å². The van der Waals surface area contributed by atoms with E-state index in [1.807, 2.05) is 17.5 Å². The van der Waals surface area contributed by atoms with Crippen LogP contribution < -0.4 is 0 Å². The first-order chi connectivity index (χ1) is 7.22. The lowest BCUT2D eigenvalue weighted by molar-refractivity contribution is 0.112. The maximum Gasteiger partial charge on any atom is 0.151 e. The Morgan fingerprint density at radius 1 is 1.33 bits per heavy atom. The van der Waals surface area contributed by atoms with Gasteiger partial charge >= 0.3 is 0 Å². The Hall–Kier alpha value is -1.12. The van der Waals surface area contributed by atoms with Gasteiger partial charge in [-0.3, -0.25) is 4.79 Å². The van der Waals surface area contributed by atoms with Gasteiger partial charge < -0.3 is 0 Å². The number of hydrogen-bond donors (Lipinski definition) is 0. The molecule has 1 aromatic heterocycles. The minimum Gasteiger partial charge on any atom is -0.298 e. The zero-order valence-electron chi connectivity index (χ0n) is 8.16. The molecule has 0 fully saturated rings. The van der Waals surface area contributed by atoms with Crippen LogP contribution in [0.15, 0.2) is 29.6 Å². The molecule has 0 amide bonds. The van der Waals surface area contributed by atoms with E-state index in [1.54, 1.807) is 17.4 Å². The minimum absolute atomic E-state index is 0.502. The van der Waals surface area contributed by atoms with Crippen LogP contribution in [0.4, 0.5) is 0 Å². The van der Waals surface area contributed by atoms with Crippen molar-refractivity contribution < 1.29 is 4.79 Å². The molecule has 3 heteroatoms. The van der Waals surface area contributed by atoms with E-state index >= 15 is 0 Å². The van der Waals surface area contributed by atoms with Gasteiger partial charge in [-0.05, 0) is 41.6 Å². The molecule has 0 N–H and O–H groups in total. The van der Waals surface area contributed by atoms with Crippen molar-refractivity contribution in [3.63, 3.8) is 0 Å². The molecule has 2 aromatic rings. The molecule has 0 bridgehead atoms. The lowest BCUT2D eigenvalue weighted by Gasteiger charge is -2.02. The number of aryl methyl sites for hydroxylation is 1. The number of hydrogen-bond acceptors (Lipinski definition) is 2. The van der Waals surface area contributed by atoms with E-state index in [9.17, 15) is 4.79 Å². The largest absolute Gasteiger partial charge is 0.298 e. The van der Waals surface area contributed by atoms with Gasteiger partial charge in [-0.1, -0.05) is 17.7 Å². The summed E-state index contributed by atoms with van der Waals surface area (Å²) < 4.78 is 0. The smallest absolute Gasteiger partial charge is 0.151 e. The summed E-state index contributed by atoms with van der Waals surface area (Å²) in [5.74, 6) is 0. The standard InChI is InChI=1S/C12H9ClOS/c1-8-11(4-5-15-8)9-2-3-12(13)10(6-9)7-14/h2-7H,1H3. The van der Waals surface area contributed by atoms with Crippen LogP contribution >= 0.6 is 22.9 Å². The number of carbonyl (C=O) groups is 1. The van der Waals surface area contributed by atoms with Gasteiger partial charge in [-0.2, -0.15) is 0 Å². The summed E-state index contributed by atoms with van der Waals surface area (Å²) in [6.45, 7) is 2.06. The first-order valence-electron chi connectivity index (χ1n) is 4.51. The molecule has 0 atom stereocenters. The van der Waals surface area contributed by atoms with Gasteiger partial charge in [0.15, 0.2) is 6.29 Å². The third-order valence-corrected chi connectivity index (χ3v) is 3.48. The van der Waals surface area contributed by atoms with E-state index in [0.29, 0.717) is 10.6 Å². The summed E-state index contributed by atoms with van der Waals surface area (Å²) in [4.78, 5) is 12.0. The van der Waals surface area contributed by atoms with Gasteiger partial charge in [0.2, 0.25) is 0 Å². The average molecular weight is 237 g/mol. The second kappa shape index (κ2) is 4.17. The highest BCUT2D eigenvalue weighted by atomic mass is 35.5. The molecular weight excluding hydrogens is 228 g/mol. The maximum absolute atomic E-state index is 10.8. The molecule has 0 radical (unpaired) electrons. The van der Waals surface area contributed by atoms with Crippen molar-refractivity contribution in [1.29, 1.82) is 0 Å². The lowest BCUT2D eigenvalue weighted by atomic mass is 10.0. The van der Waals surface area contributed by atoms with Crippen molar-refractivity contribution in [3.05, 3.63) is 45.1 Å². The van der Waals surface area contributed by atoms with Crippen LogP contribution in [-0.2, 0) is 0 Å². The summed E-state index contributed by atoms with van der Waals surface area (Å²) in [6, 6.07) is 7.57. The second-order valence-corrected chi connectivity index (χ2v) is 4.77. The zero-order valence-corrected chi connectivity index (χ0v) is 9.73. The summed E-state index contributed by atoms with van der Waals surface area (Å²) in [5.41, 5.74) is 2.75. The Labute approximate surface area is 97.3 Å². The first-order valence-corrected chi connectivity index (χ1v) is 5.77. The fourth-order valence-electron chi connectivity index (χ4n) is 1.49. The van der Waals surface area contributed by atoms with Gasteiger partial charge in [0.1, 0.15) is 0 Å². The van der Waals surface area contributed by atoms with Crippen molar-refractivity contribution in [3.8, 4) is 11.1 Å². The number of thiophene rings is 1. The average Bonchev–Trinajstić information content (AvgIpc) is 2.65. The normalized spacial score (nSPS) is 10.3. The Morgan fingerprint density at radius 3 is 2.73 bits per heavy atom. The minimum atomic E-state index is 0.502. The fraction of sp³-hybridized carbons (Fsp3) is 0.0833. The molecule has 1 nitrogen and oxygen atoms in total.